The van der Waals surface area contributed by atoms with Crippen molar-refractivity contribution in [2.75, 3.05) is 10.6 Å². The number of aryl methyl sites for hydroxylation is 1. The lowest BCUT2D eigenvalue weighted by atomic mass is 10.2. The van der Waals surface area contributed by atoms with Gasteiger partial charge in [-0.05, 0) is 62.4 Å². The van der Waals surface area contributed by atoms with Gasteiger partial charge in [-0.2, -0.15) is 18.2 Å². The molecule has 0 aliphatic heterocycles. The molecule has 31 heavy (non-hydrogen) atoms. The molecule has 0 unspecified atom stereocenters. The van der Waals surface area contributed by atoms with E-state index in [1.54, 1.807) is 30.3 Å². The molecule has 0 amide bonds. The highest BCUT2D eigenvalue weighted by Crippen LogP contribution is 2.36. The second kappa shape index (κ2) is 8.83. The van der Waals surface area contributed by atoms with E-state index >= 15 is 0 Å². The highest BCUT2D eigenvalue weighted by molar-refractivity contribution is 5.64. The molecular weight excluding hydrogens is 405 g/mol. The fourth-order valence-electron chi connectivity index (χ4n) is 3.58. The second-order valence-electron chi connectivity index (χ2n) is 7.63. The van der Waals surface area contributed by atoms with Gasteiger partial charge in [-0.15, -0.1) is 0 Å². The zero-order chi connectivity index (χ0) is 21.8. The summed E-state index contributed by atoms with van der Waals surface area (Å²) in [6.45, 7) is 1.92. The third-order valence-corrected chi connectivity index (χ3v) is 5.07. The van der Waals surface area contributed by atoms with Gasteiger partial charge in [0, 0.05) is 23.6 Å². The fraction of sp³-hybridized carbons (Fsp3) is 0.304. The number of nitrogens with one attached hydrogen (secondary N) is 2. The number of nitrogens with zero attached hydrogens (tertiary/aromatic N) is 2. The molecule has 2 aromatic carbocycles. The number of rotatable bonds is 6. The van der Waals surface area contributed by atoms with Crippen LogP contribution in [0, 0.1) is 6.92 Å². The summed E-state index contributed by atoms with van der Waals surface area (Å²) in [5.41, 5.74) is 1.22. The summed E-state index contributed by atoms with van der Waals surface area (Å²) in [6.07, 6.45) is 0.606. The van der Waals surface area contributed by atoms with E-state index in [4.69, 9.17) is 4.74 Å². The van der Waals surface area contributed by atoms with Gasteiger partial charge in [-0.3, -0.25) is 0 Å². The van der Waals surface area contributed by atoms with Crippen molar-refractivity contribution in [3.8, 4) is 5.75 Å². The summed E-state index contributed by atoms with van der Waals surface area (Å²) in [5.74, 6) is 0.368. The number of aromatic nitrogens is 2. The Morgan fingerprint density at radius 2 is 1.68 bits per heavy atom. The average molecular weight is 428 g/mol. The van der Waals surface area contributed by atoms with Crippen LogP contribution in [-0.2, 0) is 6.18 Å². The van der Waals surface area contributed by atoms with Crippen LogP contribution in [0.3, 0.4) is 0 Å². The number of ether oxygens (including phenoxy) is 1. The fourth-order valence-corrected chi connectivity index (χ4v) is 3.58. The standard InChI is InChI=1S/C23H23F3N4O/c1-15-6-4-7-16(12-15)29-22-27-14-20(23(24,25)26)21(30-22)28-17-8-5-11-19(13-17)31-18-9-2-3-10-18/h4-8,11-14,18H,2-3,9-10H2,1H3,(H2,27,28,29,30). The van der Waals surface area contributed by atoms with Crippen LogP contribution in [0.15, 0.2) is 54.7 Å². The Morgan fingerprint density at radius 1 is 0.968 bits per heavy atom. The Balaban J connectivity index is 1.59. The van der Waals surface area contributed by atoms with Gasteiger partial charge in [-0.25, -0.2) is 4.98 Å². The molecule has 4 rings (SSSR count). The zero-order valence-electron chi connectivity index (χ0n) is 17.0. The predicted molar refractivity (Wildman–Crippen MR) is 114 cm³/mol. The molecule has 0 radical (unpaired) electrons. The summed E-state index contributed by atoms with van der Waals surface area (Å²) < 4.78 is 46.6. The van der Waals surface area contributed by atoms with Gasteiger partial charge in [0.15, 0.2) is 0 Å². The highest BCUT2D eigenvalue weighted by atomic mass is 19.4. The van der Waals surface area contributed by atoms with Crippen LogP contribution in [0.5, 0.6) is 5.75 Å². The molecule has 162 valence electrons. The van der Waals surface area contributed by atoms with Gasteiger partial charge in [0.05, 0.1) is 6.10 Å². The highest BCUT2D eigenvalue weighted by Gasteiger charge is 2.35. The number of benzene rings is 2. The smallest absolute Gasteiger partial charge is 0.421 e. The normalized spacial score (nSPS) is 14.5. The third-order valence-electron chi connectivity index (χ3n) is 5.07. The summed E-state index contributed by atoms with van der Waals surface area (Å²) in [6, 6.07) is 14.3. The maximum Gasteiger partial charge on any atom is 0.421 e. The van der Waals surface area contributed by atoms with Gasteiger partial charge in [0.1, 0.15) is 17.1 Å². The molecule has 0 spiro atoms. The van der Waals surface area contributed by atoms with Gasteiger partial charge in [0.25, 0.3) is 0 Å². The first kappa shape index (κ1) is 21.0. The summed E-state index contributed by atoms with van der Waals surface area (Å²) in [4.78, 5) is 7.95. The first-order chi connectivity index (χ1) is 14.9. The van der Waals surface area contributed by atoms with E-state index in [9.17, 15) is 13.2 Å². The quantitative estimate of drug-likeness (QED) is 0.462. The minimum absolute atomic E-state index is 0.0689. The van der Waals surface area contributed by atoms with E-state index in [1.807, 2.05) is 25.1 Å². The molecule has 5 nitrogen and oxygen atoms in total. The molecule has 1 aliphatic rings. The molecule has 2 N–H and O–H groups in total. The van der Waals surface area contributed by atoms with Crippen molar-refractivity contribution in [3.05, 3.63) is 65.9 Å². The van der Waals surface area contributed by atoms with Crippen molar-refractivity contribution in [2.45, 2.75) is 44.9 Å². The van der Waals surface area contributed by atoms with Crippen molar-refractivity contribution in [2.24, 2.45) is 0 Å². The molecule has 8 heteroatoms. The van der Waals surface area contributed by atoms with Crippen LogP contribution >= 0.6 is 0 Å². The first-order valence-electron chi connectivity index (χ1n) is 10.2. The van der Waals surface area contributed by atoms with E-state index < -0.39 is 11.7 Å². The Kier molecular flexibility index (Phi) is 5.97. The molecule has 1 aromatic heterocycles. The zero-order valence-corrected chi connectivity index (χ0v) is 17.0. The molecule has 0 bridgehead atoms. The van der Waals surface area contributed by atoms with Crippen LogP contribution in [-0.4, -0.2) is 16.1 Å². The Hall–Kier alpha value is -3.29. The Morgan fingerprint density at radius 3 is 2.39 bits per heavy atom. The van der Waals surface area contributed by atoms with Crippen LogP contribution in [0.4, 0.5) is 36.3 Å². The molecular formula is C23H23F3N4O. The molecule has 1 fully saturated rings. The Labute approximate surface area is 178 Å². The van der Waals surface area contributed by atoms with E-state index in [2.05, 4.69) is 20.6 Å². The van der Waals surface area contributed by atoms with Crippen LogP contribution < -0.4 is 15.4 Å². The van der Waals surface area contributed by atoms with Crippen molar-refractivity contribution in [3.63, 3.8) is 0 Å². The molecule has 0 saturated heterocycles. The SMILES string of the molecule is Cc1cccc(Nc2ncc(C(F)(F)F)c(Nc3cccc(OC4CCCC4)c3)n2)c1. The lowest BCUT2D eigenvalue weighted by molar-refractivity contribution is -0.137. The topological polar surface area (TPSA) is 59.1 Å². The lowest BCUT2D eigenvalue weighted by Gasteiger charge is -2.17. The minimum atomic E-state index is -4.60. The number of halogens is 3. The van der Waals surface area contributed by atoms with Gasteiger partial charge < -0.3 is 15.4 Å². The molecule has 0 atom stereocenters. The van der Waals surface area contributed by atoms with E-state index in [0.29, 0.717) is 17.1 Å². The average Bonchev–Trinajstić information content (AvgIpc) is 3.20. The van der Waals surface area contributed by atoms with E-state index in [-0.39, 0.29) is 17.9 Å². The van der Waals surface area contributed by atoms with Gasteiger partial charge >= 0.3 is 6.18 Å². The summed E-state index contributed by atoms with van der Waals surface area (Å²) in [5, 5.41) is 5.75. The summed E-state index contributed by atoms with van der Waals surface area (Å²) in [7, 11) is 0. The largest absolute Gasteiger partial charge is 0.490 e. The maximum atomic E-state index is 13.5. The maximum absolute atomic E-state index is 13.5. The molecule has 1 saturated carbocycles. The lowest BCUT2D eigenvalue weighted by Crippen LogP contribution is -2.13. The molecule has 1 aliphatic carbocycles. The Bertz CT molecular complexity index is 1050. The third kappa shape index (κ3) is 5.45. The van der Waals surface area contributed by atoms with Crippen molar-refractivity contribution < 1.29 is 17.9 Å². The van der Waals surface area contributed by atoms with E-state index in [0.717, 1.165) is 37.4 Å². The van der Waals surface area contributed by atoms with Crippen molar-refractivity contribution in [1.82, 2.24) is 9.97 Å². The first-order valence-corrected chi connectivity index (χ1v) is 10.2. The number of anilines is 4. The van der Waals surface area contributed by atoms with Crippen LogP contribution in [0.1, 0.15) is 36.8 Å². The van der Waals surface area contributed by atoms with Crippen molar-refractivity contribution >= 4 is 23.1 Å². The van der Waals surface area contributed by atoms with E-state index in [1.165, 1.54) is 0 Å². The predicted octanol–water partition coefficient (Wildman–Crippen LogP) is 6.61. The van der Waals surface area contributed by atoms with Crippen LogP contribution in [0.2, 0.25) is 0 Å². The molecule has 3 aromatic rings. The van der Waals surface area contributed by atoms with Crippen molar-refractivity contribution in [1.29, 1.82) is 0 Å². The second-order valence-corrected chi connectivity index (χ2v) is 7.63. The monoisotopic (exact) mass is 428 g/mol. The van der Waals surface area contributed by atoms with Gasteiger partial charge in [0.2, 0.25) is 5.95 Å². The minimum Gasteiger partial charge on any atom is -0.490 e. The molecule has 1 heterocycles. The van der Waals surface area contributed by atoms with Gasteiger partial charge in [-0.1, -0.05) is 18.2 Å². The number of hydrogen-bond acceptors (Lipinski definition) is 5. The summed E-state index contributed by atoms with van der Waals surface area (Å²) >= 11 is 0. The van der Waals surface area contributed by atoms with Crippen LogP contribution in [0.25, 0.3) is 0 Å². The number of hydrogen-bond donors (Lipinski definition) is 2. The number of alkyl halides is 3.